The van der Waals surface area contributed by atoms with Crippen LogP contribution in [0.25, 0.3) is 0 Å². The van der Waals surface area contributed by atoms with Crippen molar-refractivity contribution in [3.63, 3.8) is 0 Å². The van der Waals surface area contributed by atoms with E-state index < -0.39 is 50.6 Å². The summed E-state index contributed by atoms with van der Waals surface area (Å²) in [7, 11) is -3.99. The lowest BCUT2D eigenvalue weighted by molar-refractivity contribution is -0.143. The molecule has 0 aliphatic carbocycles. The summed E-state index contributed by atoms with van der Waals surface area (Å²) in [6.45, 7) is 1.15. The predicted molar refractivity (Wildman–Crippen MR) is 139 cm³/mol. The number of halogens is 6. The van der Waals surface area contributed by atoms with Gasteiger partial charge in [0.2, 0.25) is 0 Å². The van der Waals surface area contributed by atoms with Gasteiger partial charge in [-0.3, -0.25) is 5.14 Å². The molecule has 0 aliphatic heterocycles. The van der Waals surface area contributed by atoms with Crippen LogP contribution in [0, 0.1) is 0 Å². The van der Waals surface area contributed by atoms with Gasteiger partial charge >= 0.3 is 12.4 Å². The maximum Gasteiger partial charge on any atom is 0.416 e. The van der Waals surface area contributed by atoms with E-state index in [0.717, 1.165) is 0 Å². The monoisotopic (exact) mass is 564 g/mol. The zero-order valence-corrected chi connectivity index (χ0v) is 21.4. The summed E-state index contributed by atoms with van der Waals surface area (Å²) in [5, 5.41) is 4.99. The van der Waals surface area contributed by atoms with Crippen LogP contribution in [-0.2, 0) is 17.1 Å². The standard InChI is InChI=1S/C20H21F6NO2S.C2H9NOS.CH4/c1-13(15-9-16(19(21,22)23)11-17(10-15)20(24,25)26)29-12-18(27-30(2,3)28)14-7-5-4-6-8-14;1-5(2,3)4;/h4-11,13,28H,12H2,1-3H3;4H,3H2,1-2H3;1H4/t13-;;/m1../s1. The molecule has 0 fully saturated rings. The van der Waals surface area contributed by atoms with Gasteiger partial charge in [0.05, 0.1) is 29.5 Å². The lowest BCUT2D eigenvalue weighted by Gasteiger charge is -2.22. The summed E-state index contributed by atoms with van der Waals surface area (Å²) in [5.74, 6) is 0. The van der Waals surface area contributed by atoms with Gasteiger partial charge in [-0.25, -0.2) is 4.40 Å². The molecule has 0 saturated carbocycles. The first-order chi connectivity index (χ1) is 15.7. The normalized spacial score (nSPS) is 14.8. The summed E-state index contributed by atoms with van der Waals surface area (Å²) in [4.78, 5) is 0. The van der Waals surface area contributed by atoms with Crippen molar-refractivity contribution in [1.29, 1.82) is 0 Å². The zero-order valence-electron chi connectivity index (χ0n) is 19.8. The maximum absolute atomic E-state index is 13.1. The van der Waals surface area contributed by atoms with Crippen LogP contribution in [0.2, 0.25) is 0 Å². The summed E-state index contributed by atoms with van der Waals surface area (Å²) in [6, 6.07) is 10.0. The second-order valence-corrected chi connectivity index (χ2v) is 13.6. The molecule has 4 N–H and O–H groups in total. The number of alkyl halides is 6. The van der Waals surface area contributed by atoms with Crippen molar-refractivity contribution in [2.75, 3.05) is 31.6 Å². The van der Waals surface area contributed by atoms with Crippen LogP contribution >= 0.6 is 21.0 Å². The molecule has 1 atom stereocenters. The Hall–Kier alpha value is -1.77. The SMILES string of the molecule is C.CS(C)(N)O.C[C@@H](OCC(=NS(C)(C)O)c1ccccc1)c1cc(C(F)(F)F)cc(C(F)(F)F)c1. The number of hydrogen-bond donors (Lipinski definition) is 3. The lowest BCUT2D eigenvalue weighted by atomic mass is 10.0. The van der Waals surface area contributed by atoms with Gasteiger partial charge in [0.15, 0.2) is 0 Å². The molecule has 2 rings (SSSR count). The Morgan fingerprint density at radius 3 is 1.69 bits per heavy atom. The predicted octanol–water partition coefficient (Wildman–Crippen LogP) is 7.78. The van der Waals surface area contributed by atoms with Crippen LogP contribution in [-0.4, -0.2) is 46.4 Å². The van der Waals surface area contributed by atoms with Crippen LogP contribution in [0.5, 0.6) is 0 Å². The van der Waals surface area contributed by atoms with Gasteiger partial charge in [-0.05, 0) is 59.3 Å². The maximum atomic E-state index is 13.1. The first-order valence-electron chi connectivity index (χ1n) is 9.91. The fourth-order valence-electron chi connectivity index (χ4n) is 2.58. The molecular weight excluding hydrogens is 530 g/mol. The van der Waals surface area contributed by atoms with Crippen molar-refractivity contribution < 1.29 is 40.2 Å². The molecule has 0 saturated heterocycles. The topological polar surface area (TPSA) is 88.1 Å². The van der Waals surface area contributed by atoms with E-state index in [0.29, 0.717) is 23.4 Å². The largest absolute Gasteiger partial charge is 0.416 e. The quantitative estimate of drug-likeness (QED) is 0.247. The summed E-state index contributed by atoms with van der Waals surface area (Å²) >= 11 is 0. The van der Waals surface area contributed by atoms with Crippen LogP contribution in [0.15, 0.2) is 52.9 Å². The number of ether oxygens (including phenoxy) is 1. The molecule has 0 aromatic heterocycles. The van der Waals surface area contributed by atoms with Crippen molar-refractivity contribution in [3.8, 4) is 0 Å². The minimum Gasteiger partial charge on any atom is -0.367 e. The van der Waals surface area contributed by atoms with Gasteiger partial charge in [-0.1, -0.05) is 48.3 Å². The minimum absolute atomic E-state index is 0. The second-order valence-electron chi connectivity index (χ2n) is 8.27. The molecule has 0 bridgehead atoms. The highest BCUT2D eigenvalue weighted by Gasteiger charge is 2.37. The third-order valence-corrected chi connectivity index (χ3v) is 4.66. The average Bonchev–Trinajstić information content (AvgIpc) is 2.68. The van der Waals surface area contributed by atoms with E-state index >= 15 is 0 Å². The van der Waals surface area contributed by atoms with Crippen LogP contribution in [0.1, 0.15) is 42.7 Å². The highest BCUT2D eigenvalue weighted by Crippen LogP contribution is 2.39. The van der Waals surface area contributed by atoms with Crippen molar-refractivity contribution in [1.82, 2.24) is 0 Å². The fourth-order valence-corrected chi connectivity index (χ4v) is 3.27. The van der Waals surface area contributed by atoms with Gasteiger partial charge < -0.3 is 13.8 Å². The van der Waals surface area contributed by atoms with E-state index in [1.54, 1.807) is 42.8 Å². The van der Waals surface area contributed by atoms with Gasteiger partial charge in [-0.2, -0.15) is 26.3 Å². The van der Waals surface area contributed by atoms with E-state index in [1.165, 1.54) is 19.4 Å². The van der Waals surface area contributed by atoms with Gasteiger partial charge in [0.25, 0.3) is 0 Å². The molecule has 0 unspecified atom stereocenters. The Balaban J connectivity index is 0.00000185. The molecule has 2 aromatic carbocycles. The van der Waals surface area contributed by atoms with E-state index in [1.807, 2.05) is 0 Å². The van der Waals surface area contributed by atoms with E-state index in [4.69, 9.17) is 14.4 Å². The summed E-state index contributed by atoms with van der Waals surface area (Å²) in [6.07, 6.45) is -4.71. The number of rotatable bonds is 6. The summed E-state index contributed by atoms with van der Waals surface area (Å²) < 4.78 is 107. The molecule has 36 heavy (non-hydrogen) atoms. The Morgan fingerprint density at radius 1 is 0.917 bits per heavy atom. The molecule has 13 heteroatoms. The van der Waals surface area contributed by atoms with Crippen LogP contribution < -0.4 is 5.14 Å². The van der Waals surface area contributed by atoms with Crippen LogP contribution in [0.4, 0.5) is 26.3 Å². The molecule has 208 valence electrons. The number of nitrogens with zero attached hydrogens (tertiary/aromatic N) is 1. The van der Waals surface area contributed by atoms with Crippen molar-refractivity contribution >= 4 is 26.7 Å². The van der Waals surface area contributed by atoms with Gasteiger partial charge in [0, 0.05) is 12.5 Å². The number of nitrogens with two attached hydrogens (primary N) is 1. The van der Waals surface area contributed by atoms with Crippen molar-refractivity contribution in [2.24, 2.45) is 9.54 Å². The van der Waals surface area contributed by atoms with E-state index in [-0.39, 0.29) is 25.7 Å². The third-order valence-electron chi connectivity index (χ3n) is 3.99. The highest BCUT2D eigenvalue weighted by molar-refractivity contribution is 8.27. The molecule has 2 aromatic rings. The Kier molecular flexibility index (Phi) is 12.5. The minimum atomic E-state index is -4.93. The Bertz CT molecular complexity index is 948. The molecule has 0 radical (unpaired) electrons. The van der Waals surface area contributed by atoms with E-state index in [9.17, 15) is 30.9 Å². The lowest BCUT2D eigenvalue weighted by Crippen LogP contribution is -2.16. The van der Waals surface area contributed by atoms with E-state index in [2.05, 4.69) is 4.40 Å². The fraction of sp³-hybridized carbons (Fsp3) is 0.435. The number of hydrogen-bond acceptors (Lipinski definition) is 5. The zero-order chi connectivity index (χ0) is 27.2. The average molecular weight is 565 g/mol. The Labute approximate surface area is 211 Å². The summed E-state index contributed by atoms with van der Waals surface area (Å²) in [5.41, 5.74) is -2.10. The van der Waals surface area contributed by atoms with Crippen molar-refractivity contribution in [3.05, 3.63) is 70.8 Å². The van der Waals surface area contributed by atoms with Gasteiger partial charge in [-0.15, -0.1) is 0 Å². The molecular formula is C23H34F6N2O3S2. The third kappa shape index (κ3) is 13.5. The number of benzene rings is 2. The molecule has 0 amide bonds. The smallest absolute Gasteiger partial charge is 0.367 e. The molecule has 0 spiro atoms. The Morgan fingerprint density at radius 2 is 1.33 bits per heavy atom. The second kappa shape index (κ2) is 13.2. The first-order valence-corrected chi connectivity index (χ1v) is 14.7. The first kappa shape index (κ1) is 34.2. The molecule has 5 nitrogen and oxygen atoms in total. The molecule has 0 aliphatic rings. The van der Waals surface area contributed by atoms with Gasteiger partial charge in [0.1, 0.15) is 0 Å². The highest BCUT2D eigenvalue weighted by atomic mass is 32.3. The van der Waals surface area contributed by atoms with Crippen LogP contribution in [0.3, 0.4) is 0 Å². The van der Waals surface area contributed by atoms with Crippen molar-refractivity contribution in [2.45, 2.75) is 32.8 Å². The molecule has 0 heterocycles.